The van der Waals surface area contributed by atoms with Crippen molar-refractivity contribution in [3.05, 3.63) is 42.5 Å². The molecule has 1 saturated heterocycles. The lowest BCUT2D eigenvalue weighted by Gasteiger charge is -2.36. The summed E-state index contributed by atoms with van der Waals surface area (Å²) in [6, 6.07) is 8.32. The third-order valence-electron chi connectivity index (χ3n) is 4.50. The third-order valence-corrected chi connectivity index (χ3v) is 6.04. The SMILES string of the molecule is CCNC(=NCc1ccc(-n2cncn2)cc1)N1CCSC(C(C)C)C1.I. The molecule has 8 heteroatoms. The molecule has 2 aromatic rings. The molecule has 1 aromatic carbocycles. The highest BCUT2D eigenvalue weighted by molar-refractivity contribution is 14.0. The molecule has 0 amide bonds. The van der Waals surface area contributed by atoms with E-state index in [4.69, 9.17) is 4.99 Å². The van der Waals surface area contributed by atoms with E-state index in [0.29, 0.717) is 17.7 Å². The molecule has 6 nitrogen and oxygen atoms in total. The molecule has 1 unspecified atom stereocenters. The number of aromatic nitrogens is 3. The largest absolute Gasteiger partial charge is 0.357 e. The molecule has 1 aliphatic heterocycles. The van der Waals surface area contributed by atoms with E-state index in [0.717, 1.165) is 31.3 Å². The normalized spacial score (nSPS) is 17.7. The Morgan fingerprint density at radius 1 is 1.33 bits per heavy atom. The van der Waals surface area contributed by atoms with E-state index >= 15 is 0 Å². The average Bonchev–Trinajstić information content (AvgIpc) is 3.20. The minimum absolute atomic E-state index is 0. The van der Waals surface area contributed by atoms with Crippen molar-refractivity contribution in [3.8, 4) is 5.69 Å². The summed E-state index contributed by atoms with van der Waals surface area (Å²) in [7, 11) is 0. The number of thioether (sulfide) groups is 1. The van der Waals surface area contributed by atoms with Gasteiger partial charge in [-0.2, -0.15) is 16.9 Å². The molecule has 0 bridgehead atoms. The highest BCUT2D eigenvalue weighted by Gasteiger charge is 2.24. The van der Waals surface area contributed by atoms with E-state index in [1.807, 2.05) is 0 Å². The highest BCUT2D eigenvalue weighted by atomic mass is 127. The van der Waals surface area contributed by atoms with Crippen LogP contribution in [-0.2, 0) is 6.54 Å². The molecule has 2 heterocycles. The van der Waals surface area contributed by atoms with E-state index < -0.39 is 0 Å². The van der Waals surface area contributed by atoms with Gasteiger partial charge in [-0.3, -0.25) is 0 Å². The number of hydrogen-bond acceptors (Lipinski definition) is 4. The fraction of sp³-hybridized carbons (Fsp3) is 0.526. The van der Waals surface area contributed by atoms with Gasteiger partial charge in [0.2, 0.25) is 0 Å². The Kier molecular flexibility index (Phi) is 8.88. The number of rotatable bonds is 5. The monoisotopic (exact) mass is 500 g/mol. The van der Waals surface area contributed by atoms with Crippen LogP contribution in [0.5, 0.6) is 0 Å². The fourth-order valence-corrected chi connectivity index (χ4v) is 4.26. The van der Waals surface area contributed by atoms with Crippen LogP contribution in [0.1, 0.15) is 26.3 Å². The maximum absolute atomic E-state index is 4.88. The standard InChI is InChI=1S/C19H28N6S.HI/c1-4-21-19(24-9-10-26-18(12-24)15(2)3)22-11-16-5-7-17(8-6-16)25-14-20-13-23-25;/h5-8,13-15,18H,4,9-12H2,1-3H3,(H,21,22);1H. The summed E-state index contributed by atoms with van der Waals surface area (Å²) in [6.07, 6.45) is 3.25. The lowest BCUT2D eigenvalue weighted by molar-refractivity contribution is 0.381. The summed E-state index contributed by atoms with van der Waals surface area (Å²) < 4.78 is 1.76. The Balaban J connectivity index is 0.00000261. The zero-order valence-electron chi connectivity index (χ0n) is 16.2. The Bertz CT molecular complexity index is 701. The fourth-order valence-electron chi connectivity index (χ4n) is 2.96. The van der Waals surface area contributed by atoms with Crippen LogP contribution >= 0.6 is 35.7 Å². The molecule has 0 spiro atoms. The molecule has 3 rings (SSSR count). The first-order chi connectivity index (χ1) is 12.7. The van der Waals surface area contributed by atoms with Crippen molar-refractivity contribution in [1.29, 1.82) is 0 Å². The van der Waals surface area contributed by atoms with E-state index in [2.05, 4.69) is 77.1 Å². The van der Waals surface area contributed by atoms with Gasteiger partial charge >= 0.3 is 0 Å². The van der Waals surface area contributed by atoms with Crippen molar-refractivity contribution in [3.63, 3.8) is 0 Å². The van der Waals surface area contributed by atoms with Crippen molar-refractivity contribution >= 4 is 41.7 Å². The predicted octanol–water partition coefficient (Wildman–Crippen LogP) is 3.42. The lowest BCUT2D eigenvalue weighted by Crippen LogP contribution is -2.49. The van der Waals surface area contributed by atoms with Crippen molar-refractivity contribution in [2.75, 3.05) is 25.4 Å². The van der Waals surface area contributed by atoms with Crippen molar-refractivity contribution in [2.24, 2.45) is 10.9 Å². The van der Waals surface area contributed by atoms with Crippen LogP contribution in [0.4, 0.5) is 0 Å². The molecule has 1 N–H and O–H groups in total. The number of guanidine groups is 1. The van der Waals surface area contributed by atoms with Crippen molar-refractivity contribution in [1.82, 2.24) is 25.0 Å². The van der Waals surface area contributed by atoms with Crippen LogP contribution in [0.25, 0.3) is 5.69 Å². The first kappa shape index (κ1) is 22.0. The highest BCUT2D eigenvalue weighted by Crippen LogP contribution is 2.25. The smallest absolute Gasteiger partial charge is 0.194 e. The molecule has 1 aliphatic rings. The van der Waals surface area contributed by atoms with Gasteiger partial charge in [0.25, 0.3) is 0 Å². The van der Waals surface area contributed by atoms with E-state index in [-0.39, 0.29) is 24.0 Å². The molecule has 27 heavy (non-hydrogen) atoms. The minimum atomic E-state index is 0. The molecule has 0 aliphatic carbocycles. The molecule has 1 atom stereocenters. The average molecular weight is 500 g/mol. The Morgan fingerprint density at radius 3 is 2.74 bits per heavy atom. The minimum Gasteiger partial charge on any atom is -0.357 e. The number of benzene rings is 1. The van der Waals surface area contributed by atoms with Crippen molar-refractivity contribution < 1.29 is 0 Å². The molecule has 0 saturated carbocycles. The predicted molar refractivity (Wildman–Crippen MR) is 124 cm³/mol. The topological polar surface area (TPSA) is 58.3 Å². The number of nitrogens with zero attached hydrogens (tertiary/aromatic N) is 5. The Labute approximate surface area is 183 Å². The van der Waals surface area contributed by atoms with Crippen LogP contribution in [-0.4, -0.2) is 56.3 Å². The van der Waals surface area contributed by atoms with Gasteiger partial charge in [0.05, 0.1) is 12.2 Å². The summed E-state index contributed by atoms with van der Waals surface area (Å²) in [5.41, 5.74) is 2.20. The summed E-state index contributed by atoms with van der Waals surface area (Å²) >= 11 is 2.09. The van der Waals surface area contributed by atoms with Gasteiger partial charge in [-0.25, -0.2) is 14.7 Å². The third kappa shape index (κ3) is 6.10. The second kappa shape index (κ2) is 10.9. The van der Waals surface area contributed by atoms with E-state index in [9.17, 15) is 0 Å². The molecule has 0 radical (unpaired) electrons. The first-order valence-corrected chi connectivity index (χ1v) is 10.3. The molecule has 1 fully saturated rings. The zero-order chi connectivity index (χ0) is 18.4. The van der Waals surface area contributed by atoms with Gasteiger partial charge in [-0.15, -0.1) is 24.0 Å². The molecular weight excluding hydrogens is 471 g/mol. The molecule has 148 valence electrons. The van der Waals surface area contributed by atoms with Gasteiger partial charge in [0, 0.05) is 30.6 Å². The summed E-state index contributed by atoms with van der Waals surface area (Å²) in [4.78, 5) is 11.3. The number of nitrogens with one attached hydrogen (secondary N) is 1. The quantitative estimate of drug-likeness (QED) is 0.388. The number of hydrogen-bond donors (Lipinski definition) is 1. The second-order valence-electron chi connectivity index (χ2n) is 6.78. The Morgan fingerprint density at radius 2 is 2.11 bits per heavy atom. The summed E-state index contributed by atoms with van der Waals surface area (Å²) in [6.45, 7) is 10.4. The summed E-state index contributed by atoms with van der Waals surface area (Å²) in [5.74, 6) is 2.88. The first-order valence-electron chi connectivity index (χ1n) is 9.26. The zero-order valence-corrected chi connectivity index (χ0v) is 19.4. The van der Waals surface area contributed by atoms with Crippen LogP contribution in [0, 0.1) is 5.92 Å². The number of aliphatic imine (C=N–C) groups is 1. The van der Waals surface area contributed by atoms with E-state index in [1.54, 1.807) is 17.3 Å². The van der Waals surface area contributed by atoms with Gasteiger partial charge in [0.1, 0.15) is 12.7 Å². The van der Waals surface area contributed by atoms with Crippen LogP contribution in [0.2, 0.25) is 0 Å². The maximum Gasteiger partial charge on any atom is 0.194 e. The molecular formula is C19H29IN6S. The Hall–Kier alpha value is -1.29. The van der Waals surface area contributed by atoms with Crippen LogP contribution < -0.4 is 5.32 Å². The lowest BCUT2D eigenvalue weighted by atomic mass is 10.1. The van der Waals surface area contributed by atoms with Crippen molar-refractivity contribution in [2.45, 2.75) is 32.6 Å². The van der Waals surface area contributed by atoms with E-state index in [1.165, 1.54) is 11.3 Å². The second-order valence-corrected chi connectivity index (χ2v) is 8.12. The van der Waals surface area contributed by atoms with Gasteiger partial charge in [0.15, 0.2) is 5.96 Å². The summed E-state index contributed by atoms with van der Waals surface area (Å²) in [5, 5.41) is 8.29. The number of halogens is 1. The van der Waals surface area contributed by atoms with Gasteiger partial charge < -0.3 is 10.2 Å². The van der Waals surface area contributed by atoms with Gasteiger partial charge in [-0.1, -0.05) is 26.0 Å². The molecule has 1 aromatic heterocycles. The van der Waals surface area contributed by atoms with Gasteiger partial charge in [-0.05, 0) is 30.5 Å². The van der Waals surface area contributed by atoms with Crippen LogP contribution in [0.3, 0.4) is 0 Å². The van der Waals surface area contributed by atoms with Crippen LogP contribution in [0.15, 0.2) is 41.9 Å². The maximum atomic E-state index is 4.88.